The largest absolute Gasteiger partial charge is 0.324 e. The van der Waals surface area contributed by atoms with Gasteiger partial charge in [-0.2, -0.15) is 0 Å². The second-order valence-electron chi connectivity index (χ2n) is 5.07. The normalized spacial score (nSPS) is 22.0. The molecule has 1 unspecified atom stereocenters. The summed E-state index contributed by atoms with van der Waals surface area (Å²) in [5, 5.41) is 5.86. The van der Waals surface area contributed by atoms with E-state index in [9.17, 15) is 9.18 Å². The Kier molecular flexibility index (Phi) is 4.89. The van der Waals surface area contributed by atoms with Crippen molar-refractivity contribution in [3.8, 4) is 0 Å². The van der Waals surface area contributed by atoms with Gasteiger partial charge in [0.05, 0.1) is 15.6 Å². The van der Waals surface area contributed by atoms with E-state index >= 15 is 0 Å². The summed E-state index contributed by atoms with van der Waals surface area (Å²) in [5.41, 5.74) is -0.127. The molecule has 0 bridgehead atoms. The zero-order chi connectivity index (χ0) is 14.8. The van der Waals surface area contributed by atoms with Gasteiger partial charge in [-0.15, -0.1) is 0 Å². The summed E-state index contributed by atoms with van der Waals surface area (Å²) in [7, 11) is 0. The molecular formula is C14H17Cl2FN2O. The number of halogens is 3. The smallest absolute Gasteiger partial charge is 0.244 e. The molecule has 1 fully saturated rings. The topological polar surface area (TPSA) is 41.1 Å². The van der Waals surface area contributed by atoms with Crippen molar-refractivity contribution in [2.75, 3.05) is 11.9 Å². The Morgan fingerprint density at radius 1 is 1.45 bits per heavy atom. The van der Waals surface area contributed by atoms with Crippen LogP contribution in [-0.4, -0.2) is 18.0 Å². The van der Waals surface area contributed by atoms with Gasteiger partial charge in [0.25, 0.3) is 0 Å². The second kappa shape index (κ2) is 6.29. The van der Waals surface area contributed by atoms with E-state index < -0.39 is 11.4 Å². The van der Waals surface area contributed by atoms with E-state index in [1.54, 1.807) is 0 Å². The average Bonchev–Trinajstić information content (AvgIpc) is 2.86. The highest BCUT2D eigenvalue weighted by Gasteiger charge is 2.39. The molecule has 1 aromatic carbocycles. The van der Waals surface area contributed by atoms with Crippen molar-refractivity contribution < 1.29 is 9.18 Å². The number of amides is 1. The van der Waals surface area contributed by atoms with Crippen molar-refractivity contribution in [2.24, 2.45) is 0 Å². The molecule has 0 aliphatic carbocycles. The van der Waals surface area contributed by atoms with Crippen LogP contribution in [0, 0.1) is 5.82 Å². The molecule has 1 amide bonds. The first-order valence-electron chi connectivity index (χ1n) is 6.69. The predicted octanol–water partition coefficient (Wildman–Crippen LogP) is 3.99. The molecule has 1 heterocycles. The first kappa shape index (κ1) is 15.5. The molecule has 2 N–H and O–H groups in total. The van der Waals surface area contributed by atoms with Crippen molar-refractivity contribution in [2.45, 2.75) is 38.1 Å². The summed E-state index contributed by atoms with van der Waals surface area (Å²) in [6.45, 7) is 2.87. The number of hydrogen-bond donors (Lipinski definition) is 2. The highest BCUT2D eigenvalue weighted by molar-refractivity contribution is 6.35. The van der Waals surface area contributed by atoms with Crippen LogP contribution in [0.5, 0.6) is 0 Å². The van der Waals surface area contributed by atoms with Gasteiger partial charge >= 0.3 is 0 Å². The van der Waals surface area contributed by atoms with E-state index in [0.29, 0.717) is 5.69 Å². The van der Waals surface area contributed by atoms with Crippen LogP contribution < -0.4 is 10.6 Å². The summed E-state index contributed by atoms with van der Waals surface area (Å²) in [6, 6.07) is 2.74. The summed E-state index contributed by atoms with van der Waals surface area (Å²) in [6.07, 6.45) is 3.44. The maximum Gasteiger partial charge on any atom is 0.244 e. The molecule has 1 aliphatic heterocycles. The molecule has 20 heavy (non-hydrogen) atoms. The van der Waals surface area contributed by atoms with Gasteiger partial charge in [-0.1, -0.05) is 36.5 Å². The Morgan fingerprint density at radius 3 is 2.60 bits per heavy atom. The number of rotatable bonds is 4. The molecule has 2 rings (SSSR count). The Bertz CT molecular complexity index is 493. The first-order valence-corrected chi connectivity index (χ1v) is 7.45. The third kappa shape index (κ3) is 3.08. The van der Waals surface area contributed by atoms with Crippen molar-refractivity contribution >= 4 is 34.8 Å². The van der Waals surface area contributed by atoms with Crippen LogP contribution in [0.4, 0.5) is 10.1 Å². The Morgan fingerprint density at radius 2 is 2.10 bits per heavy atom. The number of anilines is 1. The number of benzene rings is 1. The standard InChI is InChI=1S/C14H17Cl2FN2O/c1-2-4-14(5-3-6-18-14)13(20)19-9-7-10(15)12(17)11(16)8-9/h7-8,18H,2-6H2,1H3,(H,19,20). The molecule has 1 aromatic rings. The summed E-state index contributed by atoms with van der Waals surface area (Å²) >= 11 is 11.5. The highest BCUT2D eigenvalue weighted by atomic mass is 35.5. The molecule has 110 valence electrons. The van der Waals surface area contributed by atoms with Gasteiger partial charge in [0.15, 0.2) is 5.82 Å². The molecule has 1 aliphatic rings. The minimum atomic E-state index is -0.673. The van der Waals surface area contributed by atoms with Gasteiger partial charge < -0.3 is 10.6 Å². The van der Waals surface area contributed by atoms with Gasteiger partial charge in [-0.25, -0.2) is 4.39 Å². The number of carbonyl (C=O) groups is 1. The van der Waals surface area contributed by atoms with E-state index in [1.165, 1.54) is 12.1 Å². The zero-order valence-electron chi connectivity index (χ0n) is 11.2. The van der Waals surface area contributed by atoms with Gasteiger partial charge in [0.2, 0.25) is 5.91 Å². The van der Waals surface area contributed by atoms with Crippen molar-refractivity contribution in [3.05, 3.63) is 28.0 Å². The van der Waals surface area contributed by atoms with Gasteiger partial charge in [0.1, 0.15) is 0 Å². The molecule has 0 aromatic heterocycles. The molecule has 0 saturated carbocycles. The van der Waals surface area contributed by atoms with Gasteiger partial charge in [-0.05, 0) is 37.9 Å². The Hall–Kier alpha value is -0.840. The maximum atomic E-state index is 13.4. The quantitative estimate of drug-likeness (QED) is 0.824. The fourth-order valence-electron chi connectivity index (χ4n) is 2.63. The molecule has 6 heteroatoms. The van der Waals surface area contributed by atoms with Crippen LogP contribution in [0.25, 0.3) is 0 Å². The summed E-state index contributed by atoms with van der Waals surface area (Å²) < 4.78 is 13.4. The van der Waals surface area contributed by atoms with E-state index in [2.05, 4.69) is 10.6 Å². The lowest BCUT2D eigenvalue weighted by Crippen LogP contribution is -2.50. The minimum Gasteiger partial charge on any atom is -0.324 e. The molecular weight excluding hydrogens is 302 g/mol. The fraction of sp³-hybridized carbons (Fsp3) is 0.500. The third-order valence-corrected chi connectivity index (χ3v) is 4.15. The van der Waals surface area contributed by atoms with Crippen molar-refractivity contribution in [3.63, 3.8) is 0 Å². The fourth-order valence-corrected chi connectivity index (χ4v) is 3.12. The van der Waals surface area contributed by atoms with Crippen molar-refractivity contribution in [1.82, 2.24) is 5.32 Å². The van der Waals surface area contributed by atoms with E-state index in [1.807, 2.05) is 6.92 Å². The van der Waals surface area contributed by atoms with Crippen LogP contribution in [-0.2, 0) is 4.79 Å². The number of carbonyl (C=O) groups excluding carboxylic acids is 1. The van der Waals surface area contributed by atoms with Crippen LogP contribution in [0.3, 0.4) is 0 Å². The Balaban J connectivity index is 2.18. The van der Waals surface area contributed by atoms with Gasteiger partial charge in [-0.3, -0.25) is 4.79 Å². The second-order valence-corrected chi connectivity index (χ2v) is 5.88. The SMILES string of the molecule is CCCC1(C(=O)Nc2cc(Cl)c(F)c(Cl)c2)CCCN1. The van der Waals surface area contributed by atoms with Gasteiger partial charge in [0, 0.05) is 5.69 Å². The zero-order valence-corrected chi connectivity index (χ0v) is 12.7. The lowest BCUT2D eigenvalue weighted by Gasteiger charge is -2.28. The van der Waals surface area contributed by atoms with E-state index in [0.717, 1.165) is 32.2 Å². The van der Waals surface area contributed by atoms with Crippen LogP contribution in [0.2, 0.25) is 10.0 Å². The summed E-state index contributed by atoms with van der Waals surface area (Å²) in [5.74, 6) is -0.788. The average molecular weight is 319 g/mol. The minimum absolute atomic E-state index is 0.100. The van der Waals surface area contributed by atoms with Crippen LogP contribution in [0.15, 0.2) is 12.1 Å². The lowest BCUT2D eigenvalue weighted by atomic mass is 9.91. The first-order chi connectivity index (χ1) is 9.48. The number of nitrogens with one attached hydrogen (secondary N) is 2. The maximum absolute atomic E-state index is 13.4. The molecule has 1 saturated heterocycles. The Labute approximate surface area is 127 Å². The predicted molar refractivity (Wildman–Crippen MR) is 79.9 cm³/mol. The van der Waals surface area contributed by atoms with Crippen molar-refractivity contribution in [1.29, 1.82) is 0 Å². The molecule has 1 atom stereocenters. The van der Waals surface area contributed by atoms with Crippen LogP contribution >= 0.6 is 23.2 Å². The summed E-state index contributed by atoms with van der Waals surface area (Å²) in [4.78, 5) is 12.5. The van der Waals surface area contributed by atoms with E-state index in [4.69, 9.17) is 23.2 Å². The monoisotopic (exact) mass is 318 g/mol. The molecule has 0 radical (unpaired) electrons. The molecule has 3 nitrogen and oxygen atoms in total. The van der Waals surface area contributed by atoms with Crippen LogP contribution in [0.1, 0.15) is 32.6 Å². The molecule has 0 spiro atoms. The lowest BCUT2D eigenvalue weighted by molar-refractivity contribution is -0.122. The van der Waals surface area contributed by atoms with E-state index in [-0.39, 0.29) is 16.0 Å². The number of hydrogen-bond acceptors (Lipinski definition) is 2. The highest BCUT2D eigenvalue weighted by Crippen LogP contribution is 2.30. The third-order valence-electron chi connectivity index (χ3n) is 3.60.